The second kappa shape index (κ2) is 8.52. The molecule has 3 aromatic rings. The molecule has 0 unspecified atom stereocenters. The van der Waals surface area contributed by atoms with E-state index < -0.39 is 0 Å². The quantitative estimate of drug-likeness (QED) is 0.647. The smallest absolute Gasteiger partial charge is 0.260 e. The first kappa shape index (κ1) is 19.9. The van der Waals surface area contributed by atoms with Crippen LogP contribution in [0.15, 0.2) is 42.7 Å². The third kappa shape index (κ3) is 4.42. The van der Waals surface area contributed by atoms with Gasteiger partial charge in [0, 0.05) is 37.9 Å². The molecule has 0 aliphatic carbocycles. The molecule has 8 nitrogen and oxygen atoms in total. The van der Waals surface area contributed by atoms with E-state index in [1.54, 1.807) is 6.33 Å². The molecule has 0 N–H and O–H groups in total. The Labute approximate surface area is 176 Å². The van der Waals surface area contributed by atoms with E-state index in [-0.39, 0.29) is 12.5 Å². The number of hydrogen-bond acceptors (Lipinski definition) is 6. The van der Waals surface area contributed by atoms with Gasteiger partial charge in [-0.1, -0.05) is 12.1 Å². The lowest BCUT2D eigenvalue weighted by Gasteiger charge is -2.35. The number of aryl methyl sites for hydroxylation is 3. The third-order valence-corrected chi connectivity index (χ3v) is 5.17. The number of carbonyl (C=O) groups excluding carboxylic acids is 1. The number of carbonyl (C=O) groups is 1. The van der Waals surface area contributed by atoms with Crippen LogP contribution in [0, 0.1) is 20.8 Å². The summed E-state index contributed by atoms with van der Waals surface area (Å²) in [6.07, 6.45) is 1.56. The summed E-state index contributed by atoms with van der Waals surface area (Å²) >= 11 is 0. The second-order valence-electron chi connectivity index (χ2n) is 7.55. The molecule has 1 amide bonds. The molecule has 0 radical (unpaired) electrons. The molecule has 1 aromatic carbocycles. The topological polar surface area (TPSA) is 76.4 Å². The van der Waals surface area contributed by atoms with Gasteiger partial charge in [-0.3, -0.25) is 4.79 Å². The SMILES string of the molecule is Cc1cccc(OCC(=O)N2CCN(c3cc(-n4nc(C)cc4C)ncn3)CC2)c1. The van der Waals surface area contributed by atoms with E-state index in [1.165, 1.54) is 0 Å². The van der Waals surface area contributed by atoms with Gasteiger partial charge in [-0.2, -0.15) is 5.10 Å². The van der Waals surface area contributed by atoms with Crippen molar-refractivity contribution in [2.45, 2.75) is 20.8 Å². The summed E-state index contributed by atoms with van der Waals surface area (Å²) in [4.78, 5) is 25.3. The maximum atomic E-state index is 12.5. The molecule has 156 valence electrons. The van der Waals surface area contributed by atoms with E-state index in [2.05, 4.69) is 20.0 Å². The Hall–Kier alpha value is -3.42. The van der Waals surface area contributed by atoms with Gasteiger partial charge in [0.15, 0.2) is 12.4 Å². The molecule has 4 rings (SSSR count). The zero-order chi connectivity index (χ0) is 21.1. The van der Waals surface area contributed by atoms with Gasteiger partial charge < -0.3 is 14.5 Å². The molecule has 1 aliphatic heterocycles. The molecule has 3 heterocycles. The molecule has 0 spiro atoms. The summed E-state index contributed by atoms with van der Waals surface area (Å²) in [5, 5.41) is 4.49. The Balaban J connectivity index is 1.35. The van der Waals surface area contributed by atoms with Crippen LogP contribution in [0.3, 0.4) is 0 Å². The molecule has 8 heteroatoms. The predicted octanol–water partition coefficient (Wildman–Crippen LogP) is 2.32. The normalized spacial score (nSPS) is 14.1. The van der Waals surface area contributed by atoms with E-state index in [0.29, 0.717) is 26.2 Å². The number of rotatable bonds is 5. The summed E-state index contributed by atoms with van der Waals surface area (Å²) < 4.78 is 7.48. The lowest BCUT2D eigenvalue weighted by molar-refractivity contribution is -0.133. The fraction of sp³-hybridized carbons (Fsp3) is 0.364. The van der Waals surface area contributed by atoms with E-state index in [9.17, 15) is 4.79 Å². The molecule has 0 bridgehead atoms. The summed E-state index contributed by atoms with van der Waals surface area (Å²) in [7, 11) is 0. The third-order valence-electron chi connectivity index (χ3n) is 5.17. The number of amides is 1. The monoisotopic (exact) mass is 406 g/mol. The number of anilines is 1. The largest absolute Gasteiger partial charge is 0.484 e. The highest BCUT2D eigenvalue weighted by Gasteiger charge is 2.23. The molecule has 1 saturated heterocycles. The van der Waals surface area contributed by atoms with Crippen molar-refractivity contribution in [1.29, 1.82) is 0 Å². The molecule has 2 aromatic heterocycles. The van der Waals surface area contributed by atoms with Crippen LogP contribution in [-0.2, 0) is 4.79 Å². The van der Waals surface area contributed by atoms with Gasteiger partial charge in [-0.15, -0.1) is 0 Å². The number of aromatic nitrogens is 4. The maximum Gasteiger partial charge on any atom is 0.260 e. The highest BCUT2D eigenvalue weighted by atomic mass is 16.5. The second-order valence-corrected chi connectivity index (χ2v) is 7.55. The minimum Gasteiger partial charge on any atom is -0.484 e. The van der Waals surface area contributed by atoms with Crippen LogP contribution < -0.4 is 9.64 Å². The Morgan fingerprint density at radius 1 is 1.00 bits per heavy atom. The van der Waals surface area contributed by atoms with Gasteiger partial charge in [-0.25, -0.2) is 14.6 Å². The van der Waals surface area contributed by atoms with E-state index >= 15 is 0 Å². The fourth-order valence-electron chi connectivity index (χ4n) is 3.61. The van der Waals surface area contributed by atoms with Crippen molar-refractivity contribution in [2.24, 2.45) is 0 Å². The van der Waals surface area contributed by atoms with Crippen LogP contribution in [-0.4, -0.2) is 63.3 Å². The summed E-state index contributed by atoms with van der Waals surface area (Å²) in [5.74, 6) is 2.31. The van der Waals surface area contributed by atoms with Crippen molar-refractivity contribution in [3.63, 3.8) is 0 Å². The molecule has 0 atom stereocenters. The Morgan fingerprint density at radius 2 is 1.77 bits per heavy atom. The zero-order valence-corrected chi connectivity index (χ0v) is 17.6. The number of benzene rings is 1. The van der Waals surface area contributed by atoms with Crippen molar-refractivity contribution in [2.75, 3.05) is 37.7 Å². The van der Waals surface area contributed by atoms with Crippen LogP contribution in [0.4, 0.5) is 5.82 Å². The fourth-order valence-corrected chi connectivity index (χ4v) is 3.61. The van der Waals surface area contributed by atoms with Crippen molar-refractivity contribution < 1.29 is 9.53 Å². The lowest BCUT2D eigenvalue weighted by Crippen LogP contribution is -2.50. The van der Waals surface area contributed by atoms with E-state index in [1.807, 2.05) is 66.8 Å². The van der Waals surface area contributed by atoms with Crippen LogP contribution in [0.1, 0.15) is 17.0 Å². The Kier molecular flexibility index (Phi) is 5.65. The van der Waals surface area contributed by atoms with Crippen molar-refractivity contribution in [3.8, 4) is 11.6 Å². The van der Waals surface area contributed by atoms with Crippen LogP contribution in [0.25, 0.3) is 5.82 Å². The minimum absolute atomic E-state index is 0.00201. The first-order valence-electron chi connectivity index (χ1n) is 10.1. The highest BCUT2D eigenvalue weighted by Crippen LogP contribution is 2.18. The summed E-state index contributed by atoms with van der Waals surface area (Å²) in [5.41, 5.74) is 3.09. The lowest BCUT2D eigenvalue weighted by atomic mass is 10.2. The van der Waals surface area contributed by atoms with Gasteiger partial charge in [0.1, 0.15) is 17.9 Å². The standard InChI is InChI=1S/C22H26N6O2/c1-16-5-4-6-19(11-16)30-14-22(29)27-9-7-26(8-10-27)20-13-21(24-15-23-20)28-18(3)12-17(2)25-28/h4-6,11-13,15H,7-10,14H2,1-3H3. The Bertz CT molecular complexity index is 1040. The van der Waals surface area contributed by atoms with Crippen LogP contribution >= 0.6 is 0 Å². The minimum atomic E-state index is 0.00201. The summed E-state index contributed by atoms with van der Waals surface area (Å²) in [6, 6.07) is 11.7. The first-order valence-corrected chi connectivity index (χ1v) is 10.1. The average molecular weight is 406 g/mol. The van der Waals surface area contributed by atoms with Gasteiger partial charge in [0.2, 0.25) is 0 Å². The molecular formula is C22H26N6O2. The zero-order valence-electron chi connectivity index (χ0n) is 17.6. The van der Waals surface area contributed by atoms with Gasteiger partial charge >= 0.3 is 0 Å². The Morgan fingerprint density at radius 3 is 2.47 bits per heavy atom. The van der Waals surface area contributed by atoms with E-state index in [4.69, 9.17) is 4.74 Å². The molecule has 30 heavy (non-hydrogen) atoms. The number of hydrogen-bond donors (Lipinski definition) is 0. The number of piperazine rings is 1. The predicted molar refractivity (Wildman–Crippen MR) is 114 cm³/mol. The van der Waals surface area contributed by atoms with Crippen molar-refractivity contribution >= 4 is 11.7 Å². The van der Waals surface area contributed by atoms with Gasteiger partial charge in [-0.05, 0) is 44.5 Å². The summed E-state index contributed by atoms with van der Waals surface area (Å²) in [6.45, 7) is 8.72. The molecule has 1 aliphatic rings. The van der Waals surface area contributed by atoms with Crippen molar-refractivity contribution in [1.82, 2.24) is 24.6 Å². The highest BCUT2D eigenvalue weighted by molar-refractivity contribution is 5.78. The maximum absolute atomic E-state index is 12.5. The number of ether oxygens (including phenoxy) is 1. The van der Waals surface area contributed by atoms with Crippen LogP contribution in [0.5, 0.6) is 5.75 Å². The number of nitrogens with zero attached hydrogens (tertiary/aromatic N) is 6. The molecule has 0 saturated carbocycles. The van der Waals surface area contributed by atoms with E-state index in [0.717, 1.165) is 34.3 Å². The average Bonchev–Trinajstić information content (AvgIpc) is 3.10. The molecule has 1 fully saturated rings. The van der Waals surface area contributed by atoms with Crippen LogP contribution in [0.2, 0.25) is 0 Å². The first-order chi connectivity index (χ1) is 14.5. The van der Waals surface area contributed by atoms with Crippen molar-refractivity contribution in [3.05, 3.63) is 59.7 Å². The van der Waals surface area contributed by atoms with Gasteiger partial charge in [0.25, 0.3) is 5.91 Å². The molecular weight excluding hydrogens is 380 g/mol. The van der Waals surface area contributed by atoms with Gasteiger partial charge in [0.05, 0.1) is 5.69 Å².